The molecule has 140 valence electrons. The number of nitrogens with zero attached hydrogens (tertiary/aromatic N) is 2. The molecular formula is C17H27N3O4S. The van der Waals surface area contributed by atoms with Crippen molar-refractivity contribution >= 4 is 29.6 Å². The Morgan fingerprint density at radius 1 is 1.44 bits per heavy atom. The fraction of sp³-hybridized carbons (Fsp3) is 0.647. The molecule has 2 amide bonds. The zero-order chi connectivity index (χ0) is 18.8. The number of carbonyl (C=O) groups excluding carboxylic acids is 3. The second-order valence-corrected chi connectivity index (χ2v) is 7.00. The summed E-state index contributed by atoms with van der Waals surface area (Å²) >= 11 is 1.56. The minimum absolute atomic E-state index is 0.112. The number of nitrogens with one attached hydrogen (secondary N) is 1. The summed E-state index contributed by atoms with van der Waals surface area (Å²) in [5.74, 6) is -0.245. The highest BCUT2D eigenvalue weighted by atomic mass is 32.1. The van der Waals surface area contributed by atoms with Gasteiger partial charge in [0.2, 0.25) is 0 Å². The van der Waals surface area contributed by atoms with Gasteiger partial charge >= 0.3 is 12.0 Å². The van der Waals surface area contributed by atoms with Crippen LogP contribution >= 0.6 is 11.3 Å². The normalized spacial score (nSPS) is 11.9. The van der Waals surface area contributed by atoms with Gasteiger partial charge in [-0.2, -0.15) is 0 Å². The SMILES string of the molecule is CCCCOC(=O)C(CC=O)NC(=O)N(C)Cc1csc(C(C)C)n1. The van der Waals surface area contributed by atoms with Crippen LogP contribution in [-0.2, 0) is 20.9 Å². The van der Waals surface area contributed by atoms with Gasteiger partial charge in [0.15, 0.2) is 0 Å². The smallest absolute Gasteiger partial charge is 0.329 e. The average Bonchev–Trinajstić information content (AvgIpc) is 3.03. The summed E-state index contributed by atoms with van der Waals surface area (Å²) in [6, 6.07) is -1.41. The highest BCUT2D eigenvalue weighted by molar-refractivity contribution is 7.09. The lowest BCUT2D eigenvalue weighted by Gasteiger charge is -2.21. The molecule has 25 heavy (non-hydrogen) atoms. The Kier molecular flexibility index (Phi) is 9.12. The van der Waals surface area contributed by atoms with Gasteiger partial charge in [-0.05, 0) is 6.42 Å². The van der Waals surface area contributed by atoms with E-state index in [0.29, 0.717) is 18.7 Å². The number of amides is 2. The Morgan fingerprint density at radius 2 is 2.16 bits per heavy atom. The number of unbranched alkanes of at least 4 members (excludes halogenated alkanes) is 1. The van der Waals surface area contributed by atoms with Gasteiger partial charge in [-0.15, -0.1) is 11.3 Å². The molecule has 0 bridgehead atoms. The lowest BCUT2D eigenvalue weighted by atomic mass is 10.2. The number of esters is 1. The van der Waals surface area contributed by atoms with E-state index in [2.05, 4.69) is 24.1 Å². The van der Waals surface area contributed by atoms with Gasteiger partial charge in [0, 0.05) is 24.8 Å². The molecule has 0 aliphatic heterocycles. The van der Waals surface area contributed by atoms with Gasteiger partial charge in [0.1, 0.15) is 12.3 Å². The monoisotopic (exact) mass is 369 g/mol. The maximum Gasteiger partial charge on any atom is 0.329 e. The molecule has 1 N–H and O–H groups in total. The van der Waals surface area contributed by atoms with Crippen LogP contribution in [0.5, 0.6) is 0 Å². The predicted molar refractivity (Wildman–Crippen MR) is 96.5 cm³/mol. The van der Waals surface area contributed by atoms with Crippen LogP contribution in [0.4, 0.5) is 4.79 Å². The Bertz CT molecular complexity index is 574. The molecule has 1 unspecified atom stereocenters. The van der Waals surface area contributed by atoms with Crippen LogP contribution in [0.15, 0.2) is 5.38 Å². The van der Waals surface area contributed by atoms with Crippen LogP contribution < -0.4 is 5.32 Å². The number of hydrogen-bond acceptors (Lipinski definition) is 6. The topological polar surface area (TPSA) is 88.6 Å². The number of thiazole rings is 1. The van der Waals surface area contributed by atoms with E-state index in [9.17, 15) is 14.4 Å². The van der Waals surface area contributed by atoms with Gasteiger partial charge in [-0.3, -0.25) is 0 Å². The first kappa shape index (κ1) is 21.1. The Morgan fingerprint density at radius 3 is 2.72 bits per heavy atom. The molecule has 0 radical (unpaired) electrons. The summed E-state index contributed by atoms with van der Waals surface area (Å²) in [5.41, 5.74) is 0.795. The van der Waals surface area contributed by atoms with E-state index in [4.69, 9.17) is 4.74 Å². The summed E-state index contributed by atoms with van der Waals surface area (Å²) < 4.78 is 5.08. The van der Waals surface area contributed by atoms with Crippen molar-refractivity contribution in [1.82, 2.24) is 15.2 Å². The van der Waals surface area contributed by atoms with E-state index < -0.39 is 18.0 Å². The quantitative estimate of drug-likeness (QED) is 0.389. The number of rotatable bonds is 10. The molecule has 1 aromatic rings. The van der Waals surface area contributed by atoms with E-state index in [1.54, 1.807) is 18.4 Å². The second kappa shape index (κ2) is 10.8. The zero-order valence-electron chi connectivity index (χ0n) is 15.3. The van der Waals surface area contributed by atoms with Crippen molar-refractivity contribution in [3.8, 4) is 0 Å². The first-order valence-electron chi connectivity index (χ1n) is 8.45. The summed E-state index contributed by atoms with van der Waals surface area (Å²) in [7, 11) is 1.62. The van der Waals surface area contributed by atoms with Gasteiger partial charge in [-0.25, -0.2) is 14.6 Å². The van der Waals surface area contributed by atoms with Crippen molar-refractivity contribution in [2.75, 3.05) is 13.7 Å². The van der Waals surface area contributed by atoms with Gasteiger partial charge in [0.25, 0.3) is 0 Å². The first-order valence-corrected chi connectivity index (χ1v) is 9.33. The standard InChI is InChI=1S/C17H27N3O4S/c1-5-6-9-24-16(22)14(7-8-21)19-17(23)20(4)10-13-11-25-15(18-13)12(2)3/h8,11-12,14H,5-7,9-10H2,1-4H3,(H,19,23). The molecular weight excluding hydrogens is 342 g/mol. The molecule has 0 saturated heterocycles. The third-order valence-corrected chi connectivity index (χ3v) is 4.66. The molecule has 0 spiro atoms. The van der Waals surface area contributed by atoms with Crippen molar-refractivity contribution in [3.63, 3.8) is 0 Å². The van der Waals surface area contributed by atoms with E-state index in [1.807, 2.05) is 12.3 Å². The number of aromatic nitrogens is 1. The van der Waals surface area contributed by atoms with Gasteiger partial charge in [0.05, 0.1) is 23.9 Å². The molecule has 8 heteroatoms. The third-order valence-electron chi connectivity index (χ3n) is 3.47. The fourth-order valence-corrected chi connectivity index (χ4v) is 2.79. The van der Waals surface area contributed by atoms with E-state index in [0.717, 1.165) is 23.5 Å². The third kappa shape index (κ3) is 7.21. The number of aldehydes is 1. The number of urea groups is 1. The molecule has 1 heterocycles. The highest BCUT2D eigenvalue weighted by Crippen LogP contribution is 2.19. The molecule has 1 rings (SSSR count). The Balaban J connectivity index is 2.59. The predicted octanol–water partition coefficient (Wildman–Crippen LogP) is 2.71. The molecule has 1 aromatic heterocycles. The molecule has 0 aliphatic carbocycles. The zero-order valence-corrected chi connectivity index (χ0v) is 16.1. The van der Waals surface area contributed by atoms with E-state index in [1.165, 1.54) is 4.90 Å². The second-order valence-electron chi connectivity index (χ2n) is 6.11. The van der Waals surface area contributed by atoms with Crippen molar-refractivity contribution < 1.29 is 19.1 Å². The van der Waals surface area contributed by atoms with Gasteiger partial charge in [-0.1, -0.05) is 27.2 Å². The lowest BCUT2D eigenvalue weighted by molar-refractivity contribution is -0.146. The maximum atomic E-state index is 12.3. The highest BCUT2D eigenvalue weighted by Gasteiger charge is 2.23. The minimum Gasteiger partial charge on any atom is -0.464 e. The largest absolute Gasteiger partial charge is 0.464 e. The number of hydrogen-bond donors (Lipinski definition) is 1. The lowest BCUT2D eigenvalue weighted by Crippen LogP contribution is -2.47. The average molecular weight is 369 g/mol. The van der Waals surface area contributed by atoms with Gasteiger partial charge < -0.3 is 19.7 Å². The summed E-state index contributed by atoms with van der Waals surface area (Å²) in [5, 5.41) is 5.48. The van der Waals surface area contributed by atoms with Crippen molar-refractivity contribution in [1.29, 1.82) is 0 Å². The number of carbonyl (C=O) groups is 3. The van der Waals surface area contributed by atoms with Crippen LogP contribution in [0.1, 0.15) is 56.7 Å². The molecule has 1 atom stereocenters. The fourth-order valence-electron chi connectivity index (χ4n) is 1.96. The molecule has 0 aromatic carbocycles. The Hall–Kier alpha value is -1.96. The van der Waals surface area contributed by atoms with E-state index in [-0.39, 0.29) is 13.0 Å². The summed E-state index contributed by atoms with van der Waals surface area (Å²) in [6.07, 6.45) is 2.13. The molecule has 0 saturated carbocycles. The van der Waals surface area contributed by atoms with Crippen LogP contribution in [0.3, 0.4) is 0 Å². The number of ether oxygens (including phenoxy) is 1. The van der Waals surface area contributed by atoms with Crippen molar-refractivity contribution in [3.05, 3.63) is 16.1 Å². The summed E-state index contributed by atoms with van der Waals surface area (Å²) in [6.45, 7) is 6.72. The Labute approximate surface area is 152 Å². The summed E-state index contributed by atoms with van der Waals surface area (Å²) in [4.78, 5) is 40.9. The van der Waals surface area contributed by atoms with Crippen LogP contribution in [-0.4, -0.2) is 47.9 Å². The van der Waals surface area contributed by atoms with Crippen LogP contribution in [0.2, 0.25) is 0 Å². The van der Waals surface area contributed by atoms with Crippen molar-refractivity contribution in [2.45, 2.75) is 58.5 Å². The first-order chi connectivity index (χ1) is 11.9. The maximum absolute atomic E-state index is 12.3. The molecule has 0 aliphatic rings. The molecule has 7 nitrogen and oxygen atoms in total. The minimum atomic E-state index is -0.967. The van der Waals surface area contributed by atoms with Crippen molar-refractivity contribution in [2.24, 2.45) is 0 Å². The van der Waals surface area contributed by atoms with Crippen LogP contribution in [0, 0.1) is 0 Å². The van der Waals surface area contributed by atoms with Crippen LogP contribution in [0.25, 0.3) is 0 Å². The van der Waals surface area contributed by atoms with E-state index >= 15 is 0 Å². The molecule has 0 fully saturated rings.